The average molecular weight is 201 g/mol. The third-order valence-corrected chi connectivity index (χ3v) is 1.96. The molecule has 0 heterocycles. The van der Waals surface area contributed by atoms with Gasteiger partial charge in [0.15, 0.2) is 0 Å². The topological polar surface area (TPSA) is 23.8 Å². The van der Waals surface area contributed by atoms with Gasteiger partial charge in [-0.15, -0.1) is 0 Å². The molecule has 0 unspecified atom stereocenters. The second-order valence-electron chi connectivity index (χ2n) is 4.47. The van der Waals surface area contributed by atoms with Crippen LogP contribution in [0.5, 0.6) is 0 Å². The summed E-state index contributed by atoms with van der Waals surface area (Å²) in [5.74, 6) is 0. The predicted molar refractivity (Wildman–Crippen MR) is 62.7 cm³/mol. The fraction of sp³-hybridized carbons (Fsp3) is 0.308. The molecule has 1 aromatic rings. The predicted octanol–water partition coefficient (Wildman–Crippen LogP) is 2.65. The molecule has 0 aliphatic heterocycles. The third-order valence-electron chi connectivity index (χ3n) is 1.96. The van der Waals surface area contributed by atoms with E-state index < -0.39 is 0 Å². The van der Waals surface area contributed by atoms with Gasteiger partial charge in [-0.3, -0.25) is 0 Å². The summed E-state index contributed by atoms with van der Waals surface area (Å²) in [5, 5.41) is 8.80. The van der Waals surface area contributed by atoms with Crippen molar-refractivity contribution in [3.8, 4) is 6.07 Å². The van der Waals surface area contributed by atoms with Gasteiger partial charge in [0.1, 0.15) is 6.20 Å². The van der Waals surface area contributed by atoms with E-state index in [1.54, 1.807) is 0 Å². The van der Waals surface area contributed by atoms with Gasteiger partial charge in [0.05, 0.1) is 33.6 Å². The normalized spacial score (nSPS) is 12.3. The summed E-state index contributed by atoms with van der Waals surface area (Å²) in [5.41, 5.74) is 2.22. The largest absolute Gasteiger partial charge is 0.304 e. The Balaban J connectivity index is 3.05. The highest BCUT2D eigenvalue weighted by Gasteiger charge is 2.08. The summed E-state index contributed by atoms with van der Waals surface area (Å²) in [6.07, 6.45) is 2.57. The van der Waals surface area contributed by atoms with Gasteiger partial charge in [-0.2, -0.15) is 5.26 Å². The second-order valence-corrected chi connectivity index (χ2v) is 4.47. The van der Waals surface area contributed by atoms with Crippen LogP contribution in [0, 0.1) is 11.3 Å². The quantitative estimate of drug-likeness (QED) is 0.690. The number of benzene rings is 1. The molecule has 1 rings (SSSR count). The SMILES string of the molecule is C[N+](C)(C)/C=C(\CC#N)c1ccccc1. The monoisotopic (exact) mass is 201 g/mol. The van der Waals surface area contributed by atoms with E-state index >= 15 is 0 Å². The minimum absolute atomic E-state index is 0.458. The van der Waals surface area contributed by atoms with Crippen molar-refractivity contribution in [2.45, 2.75) is 6.42 Å². The highest BCUT2D eigenvalue weighted by Crippen LogP contribution is 2.18. The van der Waals surface area contributed by atoms with Crippen LogP contribution in [0.1, 0.15) is 12.0 Å². The Bertz CT molecular complexity index is 377. The zero-order valence-corrected chi connectivity index (χ0v) is 9.57. The van der Waals surface area contributed by atoms with Gasteiger partial charge in [-0.1, -0.05) is 30.3 Å². The molecule has 0 saturated carbocycles. The van der Waals surface area contributed by atoms with Crippen LogP contribution in [0.4, 0.5) is 0 Å². The zero-order valence-electron chi connectivity index (χ0n) is 9.57. The fourth-order valence-electron chi connectivity index (χ4n) is 1.43. The third kappa shape index (κ3) is 3.97. The standard InChI is InChI=1S/C13H17N2/c1-15(2,3)11-13(9-10-14)12-7-5-4-6-8-12/h4-8,11H,9H2,1-3H3/q+1/b13-11+. The molecule has 0 N–H and O–H groups in total. The van der Waals surface area contributed by atoms with Gasteiger partial charge < -0.3 is 4.48 Å². The van der Waals surface area contributed by atoms with Crippen molar-refractivity contribution in [1.29, 1.82) is 5.26 Å². The van der Waals surface area contributed by atoms with Crippen LogP contribution in [0.2, 0.25) is 0 Å². The van der Waals surface area contributed by atoms with Gasteiger partial charge in [-0.25, -0.2) is 0 Å². The molecule has 0 atom stereocenters. The number of hydrogen-bond donors (Lipinski definition) is 0. The van der Waals surface area contributed by atoms with Crippen LogP contribution >= 0.6 is 0 Å². The number of nitrogens with zero attached hydrogens (tertiary/aromatic N) is 2. The maximum Gasteiger partial charge on any atom is 0.100 e. The summed E-state index contributed by atoms with van der Waals surface area (Å²) < 4.78 is 0.728. The number of nitriles is 1. The van der Waals surface area contributed by atoms with E-state index in [-0.39, 0.29) is 0 Å². The smallest absolute Gasteiger partial charge is 0.100 e. The summed E-state index contributed by atoms with van der Waals surface area (Å²) >= 11 is 0. The van der Waals surface area contributed by atoms with Crippen molar-refractivity contribution >= 4 is 5.57 Å². The Kier molecular flexibility index (Phi) is 3.65. The highest BCUT2D eigenvalue weighted by molar-refractivity contribution is 5.66. The lowest BCUT2D eigenvalue weighted by molar-refractivity contribution is -0.816. The van der Waals surface area contributed by atoms with Crippen molar-refractivity contribution in [3.63, 3.8) is 0 Å². The fourth-order valence-corrected chi connectivity index (χ4v) is 1.43. The number of quaternary nitrogens is 1. The lowest BCUT2D eigenvalue weighted by Crippen LogP contribution is -2.27. The Labute approximate surface area is 91.7 Å². The van der Waals surface area contributed by atoms with Crippen LogP contribution in [-0.2, 0) is 0 Å². The van der Waals surface area contributed by atoms with Gasteiger partial charge in [0.25, 0.3) is 0 Å². The molecule has 0 radical (unpaired) electrons. The zero-order chi connectivity index (χ0) is 11.3. The van der Waals surface area contributed by atoms with Crippen LogP contribution in [0.3, 0.4) is 0 Å². The lowest BCUT2D eigenvalue weighted by atomic mass is 10.0. The number of rotatable bonds is 3. The first-order valence-electron chi connectivity index (χ1n) is 4.98. The first kappa shape index (κ1) is 11.5. The van der Waals surface area contributed by atoms with E-state index in [2.05, 4.69) is 33.4 Å². The minimum atomic E-state index is 0.458. The maximum atomic E-state index is 8.80. The molecule has 15 heavy (non-hydrogen) atoms. The van der Waals surface area contributed by atoms with Crippen molar-refractivity contribution in [1.82, 2.24) is 0 Å². The number of allylic oxidation sites excluding steroid dienone is 1. The van der Waals surface area contributed by atoms with Crippen LogP contribution in [-0.4, -0.2) is 25.6 Å². The molecule has 0 fully saturated rings. The van der Waals surface area contributed by atoms with Crippen molar-refractivity contribution in [3.05, 3.63) is 42.1 Å². The Morgan fingerprint density at radius 1 is 1.27 bits per heavy atom. The molecule has 0 aromatic heterocycles. The van der Waals surface area contributed by atoms with Crippen LogP contribution in [0.25, 0.3) is 5.57 Å². The van der Waals surface area contributed by atoms with E-state index in [0.29, 0.717) is 6.42 Å². The molecule has 0 bridgehead atoms. The van der Waals surface area contributed by atoms with Crippen molar-refractivity contribution in [2.24, 2.45) is 0 Å². The molecule has 1 aromatic carbocycles. The molecule has 0 spiro atoms. The first-order valence-corrected chi connectivity index (χ1v) is 4.98. The van der Waals surface area contributed by atoms with Crippen molar-refractivity contribution < 1.29 is 4.48 Å². The summed E-state index contributed by atoms with van der Waals surface area (Å²) in [4.78, 5) is 0. The van der Waals surface area contributed by atoms with E-state index in [4.69, 9.17) is 5.26 Å². The lowest BCUT2D eigenvalue weighted by Gasteiger charge is -2.19. The average Bonchev–Trinajstić information content (AvgIpc) is 2.17. The van der Waals surface area contributed by atoms with Crippen molar-refractivity contribution in [2.75, 3.05) is 21.1 Å². The molecule has 2 heteroatoms. The first-order chi connectivity index (χ1) is 7.03. The second kappa shape index (κ2) is 4.77. The molecule has 0 saturated heterocycles. The Hall–Kier alpha value is -1.59. The molecular formula is C13H17N2+. The molecule has 0 aliphatic carbocycles. The molecule has 78 valence electrons. The summed E-state index contributed by atoms with van der Waals surface area (Å²) in [6, 6.07) is 12.3. The summed E-state index contributed by atoms with van der Waals surface area (Å²) in [7, 11) is 6.25. The molecular weight excluding hydrogens is 184 g/mol. The highest BCUT2D eigenvalue weighted by atomic mass is 15.3. The Morgan fingerprint density at radius 2 is 1.87 bits per heavy atom. The van der Waals surface area contributed by atoms with Gasteiger partial charge >= 0.3 is 0 Å². The van der Waals surface area contributed by atoms with Gasteiger partial charge in [-0.05, 0) is 5.56 Å². The van der Waals surface area contributed by atoms with Crippen LogP contribution < -0.4 is 0 Å². The van der Waals surface area contributed by atoms with E-state index in [1.165, 1.54) is 0 Å². The van der Waals surface area contributed by atoms with E-state index in [9.17, 15) is 0 Å². The Morgan fingerprint density at radius 3 is 2.33 bits per heavy atom. The molecule has 0 amide bonds. The van der Waals surface area contributed by atoms with E-state index in [1.807, 2.05) is 30.3 Å². The van der Waals surface area contributed by atoms with Gasteiger partial charge in [0.2, 0.25) is 0 Å². The minimum Gasteiger partial charge on any atom is -0.304 e. The molecule has 0 aliphatic rings. The van der Waals surface area contributed by atoms with E-state index in [0.717, 1.165) is 15.6 Å². The number of hydrogen-bond acceptors (Lipinski definition) is 1. The van der Waals surface area contributed by atoms with Gasteiger partial charge in [0, 0.05) is 5.57 Å². The summed E-state index contributed by atoms with van der Waals surface area (Å²) in [6.45, 7) is 0. The van der Waals surface area contributed by atoms with Crippen LogP contribution in [0.15, 0.2) is 36.5 Å². The molecule has 2 nitrogen and oxygen atoms in total. The maximum absolute atomic E-state index is 8.80.